The Morgan fingerprint density at radius 2 is 1.59 bits per heavy atom. The Labute approximate surface area is 201 Å². The first kappa shape index (κ1) is 24.4. The number of sulfonamides is 1. The van der Waals surface area contributed by atoms with Crippen LogP contribution in [0, 0.1) is 5.92 Å². The Morgan fingerprint density at radius 1 is 0.971 bits per heavy atom. The molecule has 0 spiro atoms. The number of anilines is 1. The average molecular weight is 485 g/mol. The minimum Gasteiger partial charge on any atom is -0.467 e. The van der Waals surface area contributed by atoms with E-state index in [0.29, 0.717) is 19.3 Å². The molecular formula is C26H32N2O5S. The van der Waals surface area contributed by atoms with Crippen molar-refractivity contribution in [2.45, 2.75) is 56.4 Å². The number of benzene rings is 2. The van der Waals surface area contributed by atoms with Crippen molar-refractivity contribution in [3.8, 4) is 0 Å². The number of amides is 1. The lowest BCUT2D eigenvalue weighted by molar-refractivity contribution is -0.143. The van der Waals surface area contributed by atoms with Gasteiger partial charge >= 0.3 is 5.97 Å². The molecule has 0 radical (unpaired) electrons. The van der Waals surface area contributed by atoms with E-state index >= 15 is 0 Å². The smallest absolute Gasteiger partial charge is 0.329 e. The third-order valence-corrected chi connectivity index (χ3v) is 8.76. The predicted octanol–water partition coefficient (Wildman–Crippen LogP) is 3.52. The highest BCUT2D eigenvalue weighted by Gasteiger charge is 2.42. The third kappa shape index (κ3) is 4.49. The van der Waals surface area contributed by atoms with Gasteiger partial charge in [0.15, 0.2) is 0 Å². The van der Waals surface area contributed by atoms with Crippen molar-refractivity contribution in [2.75, 3.05) is 25.1 Å². The van der Waals surface area contributed by atoms with Gasteiger partial charge in [0.1, 0.15) is 6.04 Å². The maximum Gasteiger partial charge on any atom is 0.329 e. The van der Waals surface area contributed by atoms with Gasteiger partial charge in [-0.2, -0.15) is 4.31 Å². The van der Waals surface area contributed by atoms with Gasteiger partial charge in [-0.3, -0.25) is 9.69 Å². The first-order chi connectivity index (χ1) is 16.0. The maximum atomic E-state index is 13.5. The van der Waals surface area contributed by atoms with Crippen LogP contribution in [0.1, 0.15) is 44.7 Å². The molecular weight excluding hydrogens is 452 g/mol. The van der Waals surface area contributed by atoms with Gasteiger partial charge < -0.3 is 4.74 Å². The molecule has 34 heavy (non-hydrogen) atoms. The maximum absolute atomic E-state index is 13.5. The second kappa shape index (κ2) is 9.15. The standard InChI is InChI=1S/C26H32N2O5S/c1-26(2,3)20-9-11-21(12-10-20)34(31,32)27-15-13-18(14-16-27)24(29)28-22-8-6-5-7-19(22)17-23(28)25(30)33-4/h5-12,18,23H,13-17H2,1-4H3. The van der Waals surface area contributed by atoms with E-state index in [1.54, 1.807) is 17.0 Å². The van der Waals surface area contributed by atoms with Gasteiger partial charge in [-0.1, -0.05) is 51.1 Å². The number of rotatable bonds is 4. The number of carbonyl (C=O) groups excluding carboxylic acids is 2. The molecule has 7 nitrogen and oxygen atoms in total. The van der Waals surface area contributed by atoms with E-state index in [4.69, 9.17) is 4.74 Å². The van der Waals surface area contributed by atoms with Crippen molar-refractivity contribution in [3.05, 3.63) is 59.7 Å². The minimum absolute atomic E-state index is 0.0583. The van der Waals surface area contributed by atoms with E-state index in [0.717, 1.165) is 16.8 Å². The fraction of sp³-hybridized carbons (Fsp3) is 0.462. The summed E-state index contributed by atoms with van der Waals surface area (Å²) in [5.74, 6) is -0.941. The van der Waals surface area contributed by atoms with Crippen molar-refractivity contribution in [3.63, 3.8) is 0 Å². The quantitative estimate of drug-likeness (QED) is 0.620. The third-order valence-electron chi connectivity index (χ3n) is 6.85. The van der Waals surface area contributed by atoms with E-state index in [2.05, 4.69) is 20.8 Å². The minimum atomic E-state index is -3.63. The molecule has 2 aromatic carbocycles. The monoisotopic (exact) mass is 484 g/mol. The lowest BCUT2D eigenvalue weighted by Gasteiger charge is -2.34. The summed E-state index contributed by atoms with van der Waals surface area (Å²) < 4.78 is 32.8. The summed E-state index contributed by atoms with van der Waals surface area (Å²) in [6.45, 7) is 6.78. The molecule has 2 aliphatic heterocycles. The molecule has 4 rings (SSSR count). The Balaban J connectivity index is 1.48. The number of fused-ring (bicyclic) bond motifs is 1. The molecule has 1 atom stereocenters. The summed E-state index contributed by atoms with van der Waals surface area (Å²) in [4.78, 5) is 27.7. The fourth-order valence-electron chi connectivity index (χ4n) is 4.80. The van der Waals surface area contributed by atoms with Crippen molar-refractivity contribution in [1.82, 2.24) is 4.31 Å². The van der Waals surface area contributed by atoms with Gasteiger partial charge in [-0.25, -0.2) is 13.2 Å². The zero-order chi connectivity index (χ0) is 24.7. The largest absolute Gasteiger partial charge is 0.467 e. The van der Waals surface area contributed by atoms with E-state index < -0.39 is 22.0 Å². The molecule has 1 amide bonds. The van der Waals surface area contributed by atoms with Crippen LogP contribution in [0.25, 0.3) is 0 Å². The van der Waals surface area contributed by atoms with Crippen molar-refractivity contribution in [2.24, 2.45) is 5.92 Å². The van der Waals surface area contributed by atoms with Gasteiger partial charge in [0.2, 0.25) is 15.9 Å². The Morgan fingerprint density at radius 3 is 2.18 bits per heavy atom. The molecule has 0 aromatic heterocycles. The molecule has 1 saturated heterocycles. The van der Waals surface area contributed by atoms with Gasteiger partial charge in [0.05, 0.1) is 12.0 Å². The van der Waals surface area contributed by atoms with E-state index in [-0.39, 0.29) is 35.2 Å². The van der Waals surface area contributed by atoms with Gasteiger partial charge in [0, 0.05) is 31.1 Å². The van der Waals surface area contributed by atoms with E-state index in [1.165, 1.54) is 11.4 Å². The number of ether oxygens (including phenoxy) is 1. The topological polar surface area (TPSA) is 84.0 Å². The SMILES string of the molecule is COC(=O)C1Cc2ccccc2N1C(=O)C1CCN(S(=O)(=O)c2ccc(C(C)(C)C)cc2)CC1. The first-order valence-corrected chi connectivity index (χ1v) is 13.1. The van der Waals surface area contributed by atoms with Gasteiger partial charge in [-0.15, -0.1) is 0 Å². The van der Waals surface area contributed by atoms with Crippen LogP contribution in [-0.4, -0.2) is 50.8 Å². The van der Waals surface area contributed by atoms with Crippen LogP contribution in [0.3, 0.4) is 0 Å². The molecule has 2 aromatic rings. The molecule has 8 heteroatoms. The molecule has 0 aliphatic carbocycles. The highest BCUT2D eigenvalue weighted by Crippen LogP contribution is 2.36. The summed E-state index contributed by atoms with van der Waals surface area (Å²) in [6, 6.07) is 13.9. The molecule has 0 bridgehead atoms. The van der Waals surface area contributed by atoms with Crippen molar-refractivity contribution < 1.29 is 22.7 Å². The number of hydrogen-bond acceptors (Lipinski definition) is 5. The Kier molecular flexibility index (Phi) is 6.57. The number of carbonyl (C=O) groups is 2. The lowest BCUT2D eigenvalue weighted by Crippen LogP contribution is -2.49. The van der Waals surface area contributed by atoms with Crippen LogP contribution in [-0.2, 0) is 36.2 Å². The summed E-state index contributed by atoms with van der Waals surface area (Å²) in [5.41, 5.74) is 2.68. The van der Waals surface area contributed by atoms with Crippen LogP contribution >= 0.6 is 0 Å². The summed E-state index contributed by atoms with van der Waals surface area (Å²) in [7, 11) is -2.31. The van der Waals surface area contributed by atoms with Gasteiger partial charge in [0.25, 0.3) is 0 Å². The van der Waals surface area contributed by atoms with E-state index in [1.807, 2.05) is 36.4 Å². The summed E-state index contributed by atoms with van der Waals surface area (Å²) in [6.07, 6.45) is 1.24. The number of piperidine rings is 1. The predicted molar refractivity (Wildman–Crippen MR) is 130 cm³/mol. The van der Waals surface area contributed by atoms with Crippen LogP contribution < -0.4 is 4.90 Å². The number of esters is 1. The van der Waals surface area contributed by atoms with Crippen LogP contribution in [0.5, 0.6) is 0 Å². The van der Waals surface area contributed by atoms with Crippen molar-refractivity contribution >= 4 is 27.6 Å². The summed E-state index contributed by atoms with van der Waals surface area (Å²) >= 11 is 0. The number of para-hydroxylation sites is 1. The molecule has 1 unspecified atom stereocenters. The van der Waals surface area contributed by atoms with Crippen LogP contribution in [0.2, 0.25) is 0 Å². The fourth-order valence-corrected chi connectivity index (χ4v) is 6.27. The molecule has 2 aliphatic rings. The number of methoxy groups -OCH3 is 1. The highest BCUT2D eigenvalue weighted by molar-refractivity contribution is 7.89. The molecule has 2 heterocycles. The Bertz CT molecular complexity index is 1180. The first-order valence-electron chi connectivity index (χ1n) is 11.6. The second-order valence-corrected chi connectivity index (χ2v) is 12.0. The van der Waals surface area contributed by atoms with E-state index in [9.17, 15) is 18.0 Å². The zero-order valence-corrected chi connectivity index (χ0v) is 21.0. The van der Waals surface area contributed by atoms with Crippen molar-refractivity contribution in [1.29, 1.82) is 0 Å². The molecule has 0 saturated carbocycles. The Hall–Kier alpha value is -2.71. The molecule has 182 valence electrons. The normalized spacial score (nSPS) is 19.6. The lowest BCUT2D eigenvalue weighted by atomic mass is 9.87. The molecule has 0 N–H and O–H groups in total. The van der Waals surface area contributed by atoms with Gasteiger partial charge in [-0.05, 0) is 47.6 Å². The molecule has 1 fully saturated rings. The second-order valence-electron chi connectivity index (χ2n) is 10.0. The number of hydrogen-bond donors (Lipinski definition) is 0. The zero-order valence-electron chi connectivity index (χ0n) is 20.2. The summed E-state index contributed by atoms with van der Waals surface area (Å²) in [5, 5.41) is 0. The van der Waals surface area contributed by atoms with Crippen LogP contribution in [0.4, 0.5) is 5.69 Å². The highest BCUT2D eigenvalue weighted by atomic mass is 32.2. The van der Waals surface area contributed by atoms with Crippen LogP contribution in [0.15, 0.2) is 53.4 Å². The number of nitrogens with zero attached hydrogens (tertiary/aromatic N) is 2. The average Bonchev–Trinajstić information content (AvgIpc) is 3.22.